The van der Waals surface area contributed by atoms with Gasteiger partial charge in [0.2, 0.25) is 0 Å². The normalized spacial score (nSPS) is 9.94. The summed E-state index contributed by atoms with van der Waals surface area (Å²) < 4.78 is 5.28. The fourth-order valence-electron chi connectivity index (χ4n) is 1.13. The fourth-order valence-corrected chi connectivity index (χ4v) is 1.55. The lowest BCUT2D eigenvalue weighted by Crippen LogP contribution is -1.78. The molecular formula is C10H7N3O2S. The van der Waals surface area contributed by atoms with Gasteiger partial charge in [-0.1, -0.05) is 23.9 Å². The van der Waals surface area contributed by atoms with Crippen molar-refractivity contribution in [2.24, 2.45) is 0 Å². The first kappa shape index (κ1) is 10.5. The summed E-state index contributed by atoms with van der Waals surface area (Å²) in [5.74, 6) is 0.587. The molecule has 0 aliphatic carbocycles. The molecule has 1 N–H and O–H groups in total. The number of aromatic nitrogens is 2. The molecule has 80 valence electrons. The van der Waals surface area contributed by atoms with Gasteiger partial charge in [0.05, 0.1) is 17.4 Å². The Bertz CT molecular complexity index is 533. The van der Waals surface area contributed by atoms with E-state index in [9.17, 15) is 5.11 Å². The summed E-state index contributed by atoms with van der Waals surface area (Å²) in [6, 6.07) is 8.66. The van der Waals surface area contributed by atoms with Gasteiger partial charge in [-0.05, 0) is 12.1 Å². The maximum Gasteiger partial charge on any atom is 0.277 e. The minimum Gasteiger partial charge on any atom is -0.507 e. The molecule has 0 saturated carbocycles. The third-order valence-electron chi connectivity index (χ3n) is 1.80. The molecule has 0 aliphatic heterocycles. The average Bonchev–Trinajstić information content (AvgIpc) is 2.75. The zero-order valence-electron chi connectivity index (χ0n) is 8.12. The number of phenols is 1. The van der Waals surface area contributed by atoms with E-state index in [1.54, 1.807) is 24.3 Å². The number of hydrogen-bond acceptors (Lipinski definition) is 6. The topological polar surface area (TPSA) is 82.9 Å². The summed E-state index contributed by atoms with van der Waals surface area (Å²) >= 11 is 1.16. The molecule has 0 unspecified atom stereocenters. The Labute approximate surface area is 95.7 Å². The molecule has 1 aromatic heterocycles. The van der Waals surface area contributed by atoms with E-state index >= 15 is 0 Å². The Morgan fingerprint density at radius 1 is 1.38 bits per heavy atom. The molecule has 0 fully saturated rings. The van der Waals surface area contributed by atoms with Gasteiger partial charge in [0.25, 0.3) is 11.1 Å². The van der Waals surface area contributed by atoms with Gasteiger partial charge in [0, 0.05) is 0 Å². The van der Waals surface area contributed by atoms with E-state index in [1.807, 2.05) is 6.07 Å². The van der Waals surface area contributed by atoms with Crippen LogP contribution >= 0.6 is 11.8 Å². The summed E-state index contributed by atoms with van der Waals surface area (Å²) in [5, 5.41) is 25.8. The van der Waals surface area contributed by atoms with Gasteiger partial charge in [-0.25, -0.2) is 0 Å². The predicted octanol–water partition coefficient (Wildman–Crippen LogP) is 2.06. The Hall–Kier alpha value is -2.00. The number of phenolic OH excluding ortho intramolecular Hbond substituents is 1. The lowest BCUT2D eigenvalue weighted by molar-refractivity contribution is 0.452. The van der Waals surface area contributed by atoms with Gasteiger partial charge in [0.15, 0.2) is 0 Å². The highest BCUT2D eigenvalue weighted by Crippen LogP contribution is 2.29. The summed E-state index contributed by atoms with van der Waals surface area (Å²) in [6.07, 6.45) is 0. The summed E-state index contributed by atoms with van der Waals surface area (Å²) in [4.78, 5) is 0. The molecule has 5 nitrogen and oxygen atoms in total. The van der Waals surface area contributed by atoms with Gasteiger partial charge in [-0.3, -0.25) is 0 Å². The van der Waals surface area contributed by atoms with Crippen LogP contribution in [0.15, 0.2) is 33.9 Å². The van der Waals surface area contributed by atoms with Crippen LogP contribution in [0.25, 0.3) is 11.5 Å². The quantitative estimate of drug-likeness (QED) is 0.817. The molecule has 2 rings (SSSR count). The third kappa shape index (κ3) is 2.15. The smallest absolute Gasteiger partial charge is 0.277 e. The number of nitriles is 1. The molecule has 1 heterocycles. The number of para-hydroxylation sites is 1. The second-order valence-electron chi connectivity index (χ2n) is 2.84. The van der Waals surface area contributed by atoms with Crippen LogP contribution in [0, 0.1) is 11.3 Å². The highest BCUT2D eigenvalue weighted by molar-refractivity contribution is 7.99. The standard InChI is InChI=1S/C10H7N3O2S/c11-5-6-16-10-13-12-9(15-10)7-3-1-2-4-8(7)14/h1-4,14H,6H2. The first-order chi connectivity index (χ1) is 7.81. The third-order valence-corrected chi connectivity index (χ3v) is 2.49. The summed E-state index contributed by atoms with van der Waals surface area (Å²) in [7, 11) is 0. The molecule has 2 aromatic rings. The Morgan fingerprint density at radius 2 is 2.19 bits per heavy atom. The lowest BCUT2D eigenvalue weighted by atomic mass is 10.2. The molecule has 0 saturated heterocycles. The summed E-state index contributed by atoms with van der Waals surface area (Å²) in [5.41, 5.74) is 0.485. The second-order valence-corrected chi connectivity index (χ2v) is 3.76. The van der Waals surface area contributed by atoms with Crippen LogP contribution in [0.4, 0.5) is 0 Å². The SMILES string of the molecule is N#CCSc1nnc(-c2ccccc2O)o1. The monoisotopic (exact) mass is 233 g/mol. The number of benzene rings is 1. The zero-order valence-corrected chi connectivity index (χ0v) is 8.94. The first-order valence-corrected chi connectivity index (χ1v) is 5.41. The maximum atomic E-state index is 9.56. The number of hydrogen-bond donors (Lipinski definition) is 1. The number of nitrogens with zero attached hydrogens (tertiary/aromatic N) is 3. The average molecular weight is 233 g/mol. The molecule has 1 aromatic carbocycles. The number of rotatable bonds is 3. The molecule has 0 atom stereocenters. The van der Waals surface area contributed by atoms with Crippen molar-refractivity contribution >= 4 is 11.8 Å². The van der Waals surface area contributed by atoms with E-state index < -0.39 is 0 Å². The molecule has 0 aliphatic rings. The van der Waals surface area contributed by atoms with Gasteiger partial charge >= 0.3 is 0 Å². The van der Waals surface area contributed by atoms with Crippen LogP contribution in [0.5, 0.6) is 5.75 Å². The highest BCUT2D eigenvalue weighted by atomic mass is 32.2. The van der Waals surface area contributed by atoms with E-state index in [1.165, 1.54) is 0 Å². The number of aromatic hydroxyl groups is 1. The Balaban J connectivity index is 2.26. The number of thioether (sulfide) groups is 1. The molecule has 0 spiro atoms. The second kappa shape index (κ2) is 4.68. The largest absolute Gasteiger partial charge is 0.507 e. The van der Waals surface area contributed by atoms with Gasteiger partial charge in [-0.15, -0.1) is 10.2 Å². The van der Waals surface area contributed by atoms with Gasteiger partial charge < -0.3 is 9.52 Å². The van der Waals surface area contributed by atoms with Gasteiger partial charge in [0.1, 0.15) is 5.75 Å². The van der Waals surface area contributed by atoms with Crippen LogP contribution in [0.2, 0.25) is 0 Å². The van der Waals surface area contributed by atoms with E-state index in [0.717, 1.165) is 11.8 Å². The zero-order chi connectivity index (χ0) is 11.4. The van der Waals surface area contributed by atoms with Crippen molar-refractivity contribution in [3.63, 3.8) is 0 Å². The van der Waals surface area contributed by atoms with Crippen molar-refractivity contribution in [3.8, 4) is 23.3 Å². The fraction of sp³-hybridized carbons (Fsp3) is 0.100. The Morgan fingerprint density at radius 3 is 2.94 bits per heavy atom. The van der Waals surface area contributed by atoms with Crippen molar-refractivity contribution < 1.29 is 9.52 Å². The molecular weight excluding hydrogens is 226 g/mol. The van der Waals surface area contributed by atoms with E-state index in [-0.39, 0.29) is 17.4 Å². The lowest BCUT2D eigenvalue weighted by Gasteiger charge is -1.96. The van der Waals surface area contributed by atoms with Crippen molar-refractivity contribution in [2.45, 2.75) is 5.22 Å². The van der Waals surface area contributed by atoms with Crippen LogP contribution in [0.1, 0.15) is 0 Å². The minimum absolute atomic E-state index is 0.0861. The van der Waals surface area contributed by atoms with Crippen LogP contribution < -0.4 is 0 Å². The summed E-state index contributed by atoms with van der Waals surface area (Å²) in [6.45, 7) is 0. The van der Waals surface area contributed by atoms with Crippen molar-refractivity contribution in [1.29, 1.82) is 5.26 Å². The van der Waals surface area contributed by atoms with Crippen molar-refractivity contribution in [2.75, 3.05) is 5.75 Å². The van der Waals surface area contributed by atoms with Crippen LogP contribution in [-0.4, -0.2) is 21.1 Å². The minimum atomic E-state index is 0.0861. The first-order valence-electron chi connectivity index (χ1n) is 4.43. The highest BCUT2D eigenvalue weighted by Gasteiger charge is 2.11. The van der Waals surface area contributed by atoms with Crippen molar-refractivity contribution in [3.05, 3.63) is 24.3 Å². The Kier molecular flexibility index (Phi) is 3.08. The maximum absolute atomic E-state index is 9.56. The predicted molar refractivity (Wildman–Crippen MR) is 57.7 cm³/mol. The van der Waals surface area contributed by atoms with Crippen LogP contribution in [-0.2, 0) is 0 Å². The van der Waals surface area contributed by atoms with Crippen molar-refractivity contribution in [1.82, 2.24) is 10.2 Å². The van der Waals surface area contributed by atoms with Crippen LogP contribution in [0.3, 0.4) is 0 Å². The molecule has 0 bridgehead atoms. The van der Waals surface area contributed by atoms with E-state index in [0.29, 0.717) is 10.8 Å². The molecule has 0 radical (unpaired) electrons. The molecule has 0 amide bonds. The van der Waals surface area contributed by atoms with E-state index in [4.69, 9.17) is 9.68 Å². The van der Waals surface area contributed by atoms with Gasteiger partial charge in [-0.2, -0.15) is 5.26 Å². The molecule has 6 heteroatoms. The molecule has 16 heavy (non-hydrogen) atoms. The van der Waals surface area contributed by atoms with E-state index in [2.05, 4.69) is 10.2 Å².